The highest BCUT2D eigenvalue weighted by molar-refractivity contribution is 9.10. The number of amides is 1. The number of alkyl halides is 3. The lowest BCUT2D eigenvalue weighted by atomic mass is 9.98. The Morgan fingerprint density at radius 3 is 2.11 bits per heavy atom. The molecular formula is C19H16BrF2NO4. The number of nitrogens with one attached hydrogen (secondary N) is 1. The molecule has 1 aliphatic rings. The molecule has 0 radical (unpaired) electrons. The standard InChI is InChI=1S/C19H16BrF2NO4/c20-19(21,22)9-16(17(24)25)23-18(26)27-10-15-13-7-3-1-5-11(13)12-6-2-4-8-14(12)15/h1-8,15-16H,9-10H2,(H,23,26)(H,24,25). The van der Waals surface area contributed by atoms with Gasteiger partial charge in [0.15, 0.2) is 0 Å². The van der Waals surface area contributed by atoms with E-state index in [2.05, 4.69) is 15.9 Å². The van der Waals surface area contributed by atoms with Crippen molar-refractivity contribution >= 4 is 28.0 Å². The second kappa shape index (κ2) is 7.64. The summed E-state index contributed by atoms with van der Waals surface area (Å²) in [6.07, 6.45) is -2.15. The van der Waals surface area contributed by atoms with Crippen LogP contribution in [0.3, 0.4) is 0 Å². The van der Waals surface area contributed by atoms with E-state index in [-0.39, 0.29) is 12.5 Å². The molecule has 27 heavy (non-hydrogen) atoms. The van der Waals surface area contributed by atoms with Gasteiger partial charge in [-0.05, 0) is 38.2 Å². The van der Waals surface area contributed by atoms with Gasteiger partial charge >= 0.3 is 16.9 Å². The number of hydrogen-bond acceptors (Lipinski definition) is 3. The van der Waals surface area contributed by atoms with E-state index in [1.807, 2.05) is 53.8 Å². The number of halogens is 3. The zero-order valence-corrected chi connectivity index (χ0v) is 15.6. The van der Waals surface area contributed by atoms with Gasteiger partial charge in [-0.15, -0.1) is 0 Å². The fourth-order valence-electron chi connectivity index (χ4n) is 3.21. The smallest absolute Gasteiger partial charge is 0.407 e. The maximum absolute atomic E-state index is 13.0. The number of hydrogen-bond donors (Lipinski definition) is 2. The van der Waals surface area contributed by atoms with E-state index in [4.69, 9.17) is 9.84 Å². The average molecular weight is 440 g/mol. The summed E-state index contributed by atoms with van der Waals surface area (Å²) in [6.45, 7) is -0.0308. The maximum Gasteiger partial charge on any atom is 0.407 e. The molecular weight excluding hydrogens is 424 g/mol. The fourth-order valence-corrected chi connectivity index (χ4v) is 3.54. The van der Waals surface area contributed by atoms with E-state index >= 15 is 0 Å². The van der Waals surface area contributed by atoms with Gasteiger partial charge in [0.05, 0.1) is 6.42 Å². The third kappa shape index (κ3) is 4.44. The van der Waals surface area contributed by atoms with Crippen molar-refractivity contribution < 1.29 is 28.2 Å². The first-order chi connectivity index (χ1) is 12.8. The minimum absolute atomic E-state index is 0.0308. The Hall–Kier alpha value is -2.48. The Kier molecular flexibility index (Phi) is 5.46. The molecule has 0 saturated carbocycles. The molecule has 0 aromatic heterocycles. The van der Waals surface area contributed by atoms with Gasteiger partial charge in [-0.3, -0.25) is 0 Å². The molecule has 0 fully saturated rings. The first-order valence-corrected chi connectivity index (χ1v) is 8.96. The van der Waals surface area contributed by atoms with Gasteiger partial charge in [-0.1, -0.05) is 48.5 Å². The van der Waals surface area contributed by atoms with Gasteiger partial charge in [-0.25, -0.2) is 9.59 Å². The van der Waals surface area contributed by atoms with Crippen LogP contribution in [-0.2, 0) is 9.53 Å². The zero-order valence-electron chi connectivity index (χ0n) is 14.0. The molecule has 1 atom stereocenters. The van der Waals surface area contributed by atoms with Gasteiger partial charge in [-0.2, -0.15) is 8.78 Å². The summed E-state index contributed by atoms with van der Waals surface area (Å²) < 4.78 is 31.2. The van der Waals surface area contributed by atoms with Crippen LogP contribution >= 0.6 is 15.9 Å². The summed E-state index contributed by atoms with van der Waals surface area (Å²) in [5.41, 5.74) is 4.08. The Labute approximate surface area is 162 Å². The van der Waals surface area contributed by atoms with E-state index < -0.39 is 29.4 Å². The molecule has 0 aliphatic heterocycles. The molecule has 0 bridgehead atoms. The highest BCUT2D eigenvalue weighted by atomic mass is 79.9. The van der Waals surface area contributed by atoms with Crippen molar-refractivity contribution in [1.29, 1.82) is 0 Å². The molecule has 0 saturated heterocycles. The molecule has 1 aliphatic carbocycles. The lowest BCUT2D eigenvalue weighted by Gasteiger charge is -2.19. The summed E-state index contributed by atoms with van der Waals surface area (Å²) in [7, 11) is 0. The third-order valence-corrected chi connectivity index (χ3v) is 4.69. The number of fused-ring (bicyclic) bond motifs is 3. The molecule has 2 aromatic rings. The van der Waals surface area contributed by atoms with Crippen LogP contribution in [0, 0.1) is 0 Å². The molecule has 142 valence electrons. The van der Waals surface area contributed by atoms with Gasteiger partial charge in [0.1, 0.15) is 12.6 Å². The first kappa shape index (κ1) is 19.3. The first-order valence-electron chi connectivity index (χ1n) is 8.17. The van der Waals surface area contributed by atoms with Crippen LogP contribution in [0.2, 0.25) is 0 Å². The predicted octanol–water partition coefficient (Wildman–Crippen LogP) is 4.36. The van der Waals surface area contributed by atoms with Crippen molar-refractivity contribution in [3.05, 3.63) is 59.7 Å². The quantitative estimate of drug-likeness (QED) is 0.655. The number of alkyl carbamates (subject to hydrolysis) is 1. The summed E-state index contributed by atoms with van der Waals surface area (Å²) in [5.74, 6) is -1.77. The van der Waals surface area contributed by atoms with Crippen LogP contribution in [0.1, 0.15) is 23.5 Å². The van der Waals surface area contributed by atoms with Crippen molar-refractivity contribution in [2.75, 3.05) is 6.61 Å². The second-order valence-corrected chi connectivity index (χ2v) is 7.34. The van der Waals surface area contributed by atoms with Crippen molar-refractivity contribution in [2.24, 2.45) is 0 Å². The number of aliphatic carboxylic acids is 1. The maximum atomic E-state index is 13.0. The summed E-state index contributed by atoms with van der Waals surface area (Å²) in [5, 5.41) is 11.0. The molecule has 0 spiro atoms. The fraction of sp³-hybridized carbons (Fsp3) is 0.263. The zero-order chi connectivity index (χ0) is 19.6. The van der Waals surface area contributed by atoms with E-state index in [9.17, 15) is 18.4 Å². The SMILES string of the molecule is O=C(NC(CC(F)(F)Br)C(=O)O)OCC1c2ccccc2-c2ccccc21. The van der Waals surface area contributed by atoms with Crippen LogP contribution in [0.15, 0.2) is 48.5 Å². The van der Waals surface area contributed by atoms with Gasteiger partial charge in [0, 0.05) is 5.92 Å². The Morgan fingerprint density at radius 2 is 1.63 bits per heavy atom. The van der Waals surface area contributed by atoms with Crippen LogP contribution in [0.25, 0.3) is 11.1 Å². The average Bonchev–Trinajstić information content (AvgIpc) is 2.92. The van der Waals surface area contributed by atoms with Gasteiger partial charge in [0.2, 0.25) is 0 Å². The van der Waals surface area contributed by atoms with Crippen LogP contribution in [0.5, 0.6) is 0 Å². The lowest BCUT2D eigenvalue weighted by molar-refractivity contribution is -0.140. The number of rotatable bonds is 6. The number of carboxylic acid groups (broad SMARTS) is 1. The van der Waals surface area contributed by atoms with Crippen molar-refractivity contribution in [3.8, 4) is 11.1 Å². The number of benzene rings is 2. The molecule has 2 N–H and O–H groups in total. The summed E-state index contributed by atoms with van der Waals surface area (Å²) in [4.78, 5) is 19.6. The summed E-state index contributed by atoms with van der Waals surface area (Å²) in [6, 6.07) is 13.7. The minimum atomic E-state index is -3.41. The number of carboxylic acids is 1. The van der Waals surface area contributed by atoms with Crippen LogP contribution < -0.4 is 5.32 Å². The molecule has 2 aromatic carbocycles. The highest BCUT2D eigenvalue weighted by Crippen LogP contribution is 2.44. The Bertz CT molecular complexity index is 823. The van der Waals surface area contributed by atoms with Gasteiger partial charge < -0.3 is 15.2 Å². The monoisotopic (exact) mass is 439 g/mol. The van der Waals surface area contributed by atoms with E-state index in [1.165, 1.54) is 0 Å². The number of ether oxygens (including phenoxy) is 1. The topological polar surface area (TPSA) is 75.6 Å². The minimum Gasteiger partial charge on any atom is -0.480 e. The van der Waals surface area contributed by atoms with Gasteiger partial charge in [0.25, 0.3) is 0 Å². The van der Waals surface area contributed by atoms with E-state index in [0.717, 1.165) is 22.3 Å². The van der Waals surface area contributed by atoms with Crippen molar-refractivity contribution in [3.63, 3.8) is 0 Å². The normalized spacial score (nSPS) is 14.2. The number of carbonyl (C=O) groups excluding carboxylic acids is 1. The largest absolute Gasteiger partial charge is 0.480 e. The molecule has 5 nitrogen and oxygen atoms in total. The third-order valence-electron chi connectivity index (χ3n) is 4.37. The number of carbonyl (C=O) groups is 2. The predicted molar refractivity (Wildman–Crippen MR) is 98.1 cm³/mol. The highest BCUT2D eigenvalue weighted by Gasteiger charge is 2.35. The Balaban J connectivity index is 1.69. The molecule has 8 heteroatoms. The van der Waals surface area contributed by atoms with E-state index in [1.54, 1.807) is 0 Å². The molecule has 3 rings (SSSR count). The Morgan fingerprint density at radius 1 is 1.11 bits per heavy atom. The lowest BCUT2D eigenvalue weighted by Crippen LogP contribution is -2.43. The van der Waals surface area contributed by atoms with Crippen molar-refractivity contribution in [2.45, 2.75) is 23.2 Å². The van der Waals surface area contributed by atoms with E-state index in [0.29, 0.717) is 0 Å². The molecule has 1 amide bonds. The summed E-state index contributed by atoms with van der Waals surface area (Å²) >= 11 is 2.08. The molecule has 0 heterocycles. The van der Waals surface area contributed by atoms with Crippen molar-refractivity contribution in [1.82, 2.24) is 5.32 Å². The van der Waals surface area contributed by atoms with Crippen LogP contribution in [0.4, 0.5) is 13.6 Å². The second-order valence-electron chi connectivity index (χ2n) is 6.18. The molecule has 1 unspecified atom stereocenters. The van der Waals surface area contributed by atoms with Crippen LogP contribution in [-0.4, -0.2) is 34.6 Å².